The maximum absolute atomic E-state index is 12.4. The molecule has 0 aromatic carbocycles. The molecule has 120 valence electrons. The van der Waals surface area contributed by atoms with E-state index >= 15 is 0 Å². The Morgan fingerprint density at radius 3 is 2.50 bits per heavy atom. The van der Waals surface area contributed by atoms with Crippen molar-refractivity contribution in [3.05, 3.63) is 11.6 Å². The predicted molar refractivity (Wildman–Crippen MR) is 86.3 cm³/mol. The summed E-state index contributed by atoms with van der Waals surface area (Å²) in [4.78, 5) is 24.5. The normalized spacial score (nSPS) is 51.0. The number of hydrogen-bond acceptors (Lipinski definition) is 2. The van der Waals surface area contributed by atoms with Gasteiger partial charge in [0.1, 0.15) is 5.78 Å². The van der Waals surface area contributed by atoms with Gasteiger partial charge in [0.25, 0.3) is 0 Å². The molecule has 2 heteroatoms. The Labute approximate surface area is 133 Å². The number of carbonyl (C=O) groups is 2. The third-order valence-corrected chi connectivity index (χ3v) is 7.98. The third-order valence-electron chi connectivity index (χ3n) is 7.98. The van der Waals surface area contributed by atoms with Crippen molar-refractivity contribution in [3.8, 4) is 0 Å². The van der Waals surface area contributed by atoms with Crippen molar-refractivity contribution in [1.82, 2.24) is 0 Å². The van der Waals surface area contributed by atoms with Gasteiger partial charge in [0.15, 0.2) is 5.78 Å². The molecule has 0 radical (unpaired) electrons. The van der Waals surface area contributed by atoms with Crippen LogP contribution in [0.3, 0.4) is 0 Å². The molecule has 4 aliphatic carbocycles. The maximum Gasteiger partial charge on any atom is 0.158 e. The summed E-state index contributed by atoms with van der Waals surface area (Å²) < 4.78 is 0. The summed E-state index contributed by atoms with van der Waals surface area (Å²) in [5, 5.41) is 0. The Bertz CT molecular complexity index is 574. The van der Waals surface area contributed by atoms with Gasteiger partial charge in [0.05, 0.1) is 0 Å². The molecule has 0 amide bonds. The van der Waals surface area contributed by atoms with E-state index in [-0.39, 0.29) is 16.7 Å². The molecule has 0 spiro atoms. The van der Waals surface area contributed by atoms with Crippen LogP contribution < -0.4 is 0 Å². The van der Waals surface area contributed by atoms with E-state index in [1.54, 1.807) is 0 Å². The van der Waals surface area contributed by atoms with Crippen LogP contribution in [0.5, 0.6) is 0 Å². The minimum Gasteiger partial charge on any atom is -0.299 e. The van der Waals surface area contributed by atoms with Crippen LogP contribution in [0.15, 0.2) is 11.6 Å². The molecule has 4 aliphatic rings. The zero-order valence-electron chi connectivity index (χ0n) is 14.2. The van der Waals surface area contributed by atoms with Crippen LogP contribution in [0.2, 0.25) is 0 Å². The lowest BCUT2D eigenvalue weighted by Crippen LogP contribution is -2.51. The number of Topliss-reactive ketones (excluding diaryl/α,β-unsaturated/α-hetero) is 1. The number of hydrogen-bond donors (Lipinski definition) is 0. The zero-order chi connectivity index (χ0) is 15.7. The lowest BCUT2D eigenvalue weighted by molar-refractivity contribution is -0.133. The third kappa shape index (κ3) is 1.73. The van der Waals surface area contributed by atoms with E-state index in [1.165, 1.54) is 18.4 Å². The minimum absolute atomic E-state index is 0.0329. The zero-order valence-corrected chi connectivity index (χ0v) is 14.2. The highest BCUT2D eigenvalue weighted by Gasteiger charge is 2.59. The summed E-state index contributed by atoms with van der Waals surface area (Å²) in [6.45, 7) is 6.75. The van der Waals surface area contributed by atoms with Crippen molar-refractivity contribution in [1.29, 1.82) is 0 Å². The molecule has 0 N–H and O–H groups in total. The molecule has 2 nitrogen and oxygen atoms in total. The number of rotatable bonds is 0. The highest BCUT2D eigenvalue weighted by molar-refractivity contribution is 5.93. The molecule has 0 bridgehead atoms. The second-order valence-corrected chi connectivity index (χ2v) is 8.93. The second-order valence-electron chi connectivity index (χ2n) is 8.93. The summed E-state index contributed by atoms with van der Waals surface area (Å²) in [7, 11) is 0. The van der Waals surface area contributed by atoms with E-state index in [1.807, 2.05) is 6.08 Å². The van der Waals surface area contributed by atoms with Crippen LogP contribution in [0.25, 0.3) is 0 Å². The fourth-order valence-corrected chi connectivity index (χ4v) is 6.67. The van der Waals surface area contributed by atoms with Crippen molar-refractivity contribution in [2.75, 3.05) is 0 Å². The van der Waals surface area contributed by atoms with Gasteiger partial charge < -0.3 is 0 Å². The van der Waals surface area contributed by atoms with Crippen molar-refractivity contribution in [2.45, 2.75) is 65.7 Å². The molecule has 0 aliphatic heterocycles. The van der Waals surface area contributed by atoms with Crippen molar-refractivity contribution >= 4 is 11.6 Å². The van der Waals surface area contributed by atoms with Gasteiger partial charge in [-0.05, 0) is 67.8 Å². The first-order chi connectivity index (χ1) is 10.4. The van der Waals surface area contributed by atoms with E-state index in [0.717, 1.165) is 32.1 Å². The lowest BCUT2D eigenvalue weighted by Gasteiger charge is -2.57. The Morgan fingerprint density at radius 1 is 1.00 bits per heavy atom. The summed E-state index contributed by atoms with van der Waals surface area (Å²) in [6.07, 6.45) is 9.45. The Morgan fingerprint density at radius 2 is 1.73 bits per heavy atom. The average Bonchev–Trinajstić information content (AvgIpc) is 2.77. The van der Waals surface area contributed by atoms with E-state index in [4.69, 9.17) is 0 Å². The molecule has 3 unspecified atom stereocenters. The molecule has 3 fully saturated rings. The molecule has 0 aromatic heterocycles. The predicted octanol–water partition coefficient (Wildman–Crippen LogP) is 4.33. The smallest absolute Gasteiger partial charge is 0.158 e. The summed E-state index contributed by atoms with van der Waals surface area (Å²) in [6, 6.07) is 0. The first kappa shape index (κ1) is 14.7. The van der Waals surface area contributed by atoms with E-state index in [9.17, 15) is 9.59 Å². The number of ketones is 2. The molecule has 0 aromatic rings. The molecule has 0 saturated heterocycles. The second kappa shape index (κ2) is 4.55. The van der Waals surface area contributed by atoms with Gasteiger partial charge in [-0.2, -0.15) is 0 Å². The Balaban J connectivity index is 1.71. The van der Waals surface area contributed by atoms with Gasteiger partial charge in [-0.15, -0.1) is 0 Å². The largest absolute Gasteiger partial charge is 0.299 e. The standard InChI is InChI=1S/C20H28O2/c1-12-11-20(3)13(10-17(12)21)4-5-14-15-6-7-18(22)19(15,2)9-8-16(14)20/h10,12,14-16H,4-9,11H2,1-3H3/t12-,14?,15?,16?,19+,20+/m1/s1. The van der Waals surface area contributed by atoms with Gasteiger partial charge >= 0.3 is 0 Å². The van der Waals surface area contributed by atoms with Crippen molar-refractivity contribution in [2.24, 2.45) is 34.5 Å². The Hall–Kier alpha value is -0.920. The SMILES string of the molecule is C[C@@H]1C[C@@]2(C)C(=CC1=O)CCC1C2CC[C@]2(C)C(=O)CCC12. The van der Waals surface area contributed by atoms with Gasteiger partial charge in [0.2, 0.25) is 0 Å². The monoisotopic (exact) mass is 300 g/mol. The summed E-state index contributed by atoms with van der Waals surface area (Å²) >= 11 is 0. The fraction of sp³-hybridized carbons (Fsp3) is 0.800. The Kier molecular flexibility index (Phi) is 3.03. The number of allylic oxidation sites excluding steroid dienone is 1. The van der Waals surface area contributed by atoms with E-state index in [0.29, 0.717) is 29.3 Å². The minimum atomic E-state index is -0.0329. The van der Waals surface area contributed by atoms with Crippen molar-refractivity contribution < 1.29 is 9.59 Å². The van der Waals surface area contributed by atoms with Crippen LogP contribution in [0.4, 0.5) is 0 Å². The molecular formula is C20H28O2. The van der Waals surface area contributed by atoms with Crippen LogP contribution in [-0.2, 0) is 9.59 Å². The number of fused-ring (bicyclic) bond motifs is 5. The average molecular weight is 300 g/mol. The van der Waals surface area contributed by atoms with Gasteiger partial charge in [0, 0.05) is 17.8 Å². The van der Waals surface area contributed by atoms with Crippen molar-refractivity contribution in [3.63, 3.8) is 0 Å². The molecule has 22 heavy (non-hydrogen) atoms. The maximum atomic E-state index is 12.4. The van der Waals surface area contributed by atoms with E-state index in [2.05, 4.69) is 20.8 Å². The topological polar surface area (TPSA) is 34.1 Å². The van der Waals surface area contributed by atoms with Gasteiger partial charge in [-0.3, -0.25) is 9.59 Å². The first-order valence-electron chi connectivity index (χ1n) is 9.14. The first-order valence-corrected chi connectivity index (χ1v) is 9.14. The van der Waals surface area contributed by atoms with Crippen LogP contribution >= 0.6 is 0 Å². The molecule has 4 rings (SSSR count). The van der Waals surface area contributed by atoms with Gasteiger partial charge in [-0.25, -0.2) is 0 Å². The van der Waals surface area contributed by atoms with E-state index < -0.39 is 0 Å². The summed E-state index contributed by atoms with van der Waals surface area (Å²) in [5.41, 5.74) is 1.60. The quantitative estimate of drug-likeness (QED) is 0.667. The summed E-state index contributed by atoms with van der Waals surface area (Å²) in [5.74, 6) is 3.02. The highest BCUT2D eigenvalue weighted by atomic mass is 16.1. The molecular weight excluding hydrogens is 272 g/mol. The highest BCUT2D eigenvalue weighted by Crippen LogP contribution is 2.64. The van der Waals surface area contributed by atoms with Crippen LogP contribution in [-0.4, -0.2) is 11.6 Å². The van der Waals surface area contributed by atoms with Crippen LogP contribution in [0.1, 0.15) is 65.7 Å². The van der Waals surface area contributed by atoms with Crippen LogP contribution in [0, 0.1) is 34.5 Å². The lowest BCUT2D eigenvalue weighted by atomic mass is 9.47. The van der Waals surface area contributed by atoms with Gasteiger partial charge in [-0.1, -0.05) is 26.3 Å². The fourth-order valence-electron chi connectivity index (χ4n) is 6.67. The molecule has 3 saturated carbocycles. The molecule has 0 heterocycles. The number of carbonyl (C=O) groups excluding carboxylic acids is 2. The molecule has 6 atom stereocenters.